The largest absolute Gasteiger partial charge is 0.339 e. The summed E-state index contributed by atoms with van der Waals surface area (Å²) < 4.78 is 0.975. The Kier molecular flexibility index (Phi) is 5.22. The summed E-state index contributed by atoms with van der Waals surface area (Å²) >= 11 is 3.47. The minimum absolute atomic E-state index is 0.165. The van der Waals surface area contributed by atoms with Gasteiger partial charge >= 0.3 is 0 Å². The van der Waals surface area contributed by atoms with Crippen LogP contribution >= 0.6 is 15.9 Å². The van der Waals surface area contributed by atoms with Crippen LogP contribution in [0.2, 0.25) is 0 Å². The summed E-state index contributed by atoms with van der Waals surface area (Å²) in [7, 11) is 4.23. The second kappa shape index (κ2) is 6.72. The van der Waals surface area contributed by atoms with Crippen molar-refractivity contribution in [2.24, 2.45) is 5.92 Å². The van der Waals surface area contributed by atoms with Crippen molar-refractivity contribution < 1.29 is 4.79 Å². The highest BCUT2D eigenvalue weighted by atomic mass is 79.9. The second-order valence-electron chi connectivity index (χ2n) is 6.02. The first-order chi connectivity index (χ1) is 9.45. The molecule has 0 atom stereocenters. The van der Waals surface area contributed by atoms with Gasteiger partial charge in [-0.05, 0) is 63.5 Å². The number of rotatable bonds is 3. The van der Waals surface area contributed by atoms with Gasteiger partial charge in [0.05, 0.1) is 0 Å². The van der Waals surface area contributed by atoms with Crippen LogP contribution in [0.4, 0.5) is 0 Å². The average molecular weight is 339 g/mol. The lowest BCUT2D eigenvalue weighted by Crippen LogP contribution is -2.40. The molecular formula is C16H23BrN2O. The van der Waals surface area contributed by atoms with Gasteiger partial charge < -0.3 is 9.80 Å². The summed E-state index contributed by atoms with van der Waals surface area (Å²) in [4.78, 5) is 16.8. The molecule has 4 heteroatoms. The van der Waals surface area contributed by atoms with E-state index in [1.807, 2.05) is 30.0 Å². The van der Waals surface area contributed by atoms with Gasteiger partial charge in [-0.3, -0.25) is 4.79 Å². The number of hydrogen-bond donors (Lipinski definition) is 0. The number of halogens is 1. The maximum Gasteiger partial charge on any atom is 0.253 e. The Morgan fingerprint density at radius 1 is 1.30 bits per heavy atom. The lowest BCUT2D eigenvalue weighted by molar-refractivity contribution is 0.0678. The van der Waals surface area contributed by atoms with Gasteiger partial charge in [-0.25, -0.2) is 0 Å². The van der Waals surface area contributed by atoms with E-state index >= 15 is 0 Å². The molecule has 0 saturated carbocycles. The van der Waals surface area contributed by atoms with Crippen LogP contribution in [0.5, 0.6) is 0 Å². The maximum absolute atomic E-state index is 12.5. The highest BCUT2D eigenvalue weighted by Crippen LogP contribution is 2.21. The van der Waals surface area contributed by atoms with Crippen LogP contribution in [-0.2, 0) is 0 Å². The van der Waals surface area contributed by atoms with E-state index in [2.05, 4.69) is 34.9 Å². The van der Waals surface area contributed by atoms with E-state index in [4.69, 9.17) is 0 Å². The molecule has 0 radical (unpaired) electrons. The van der Waals surface area contributed by atoms with E-state index in [9.17, 15) is 4.79 Å². The molecule has 3 nitrogen and oxygen atoms in total. The van der Waals surface area contributed by atoms with Crippen LogP contribution in [0, 0.1) is 12.8 Å². The van der Waals surface area contributed by atoms with E-state index in [1.165, 1.54) is 0 Å². The van der Waals surface area contributed by atoms with Crippen LogP contribution < -0.4 is 0 Å². The highest BCUT2D eigenvalue weighted by Gasteiger charge is 2.24. The second-order valence-corrected chi connectivity index (χ2v) is 6.93. The standard InChI is InChI=1S/C16H23BrN2O/c1-12-8-14(10-15(17)9-12)16(20)19-6-4-13(5-7-19)11-18(2)3/h8-10,13H,4-7,11H2,1-3H3. The molecular weight excluding hydrogens is 316 g/mol. The zero-order valence-corrected chi connectivity index (χ0v) is 14.1. The van der Waals surface area contributed by atoms with Gasteiger partial charge in [-0.1, -0.05) is 15.9 Å². The van der Waals surface area contributed by atoms with Crippen LogP contribution in [0.25, 0.3) is 0 Å². The molecule has 1 amide bonds. The molecule has 1 fully saturated rings. The van der Waals surface area contributed by atoms with Crippen molar-refractivity contribution in [1.82, 2.24) is 9.80 Å². The number of amides is 1. The Morgan fingerprint density at radius 2 is 1.95 bits per heavy atom. The number of piperidine rings is 1. The Balaban J connectivity index is 1.98. The summed E-state index contributed by atoms with van der Waals surface area (Å²) in [6, 6.07) is 5.92. The van der Waals surface area contributed by atoms with Gasteiger partial charge in [0.15, 0.2) is 0 Å². The normalized spacial score (nSPS) is 16.8. The summed E-state index contributed by atoms with van der Waals surface area (Å²) in [6.45, 7) is 4.90. The lowest BCUT2D eigenvalue weighted by atomic mass is 9.96. The minimum atomic E-state index is 0.165. The molecule has 20 heavy (non-hydrogen) atoms. The molecule has 0 aliphatic carbocycles. The molecule has 1 saturated heterocycles. The number of nitrogens with zero attached hydrogens (tertiary/aromatic N) is 2. The SMILES string of the molecule is Cc1cc(Br)cc(C(=O)N2CCC(CN(C)C)CC2)c1. The smallest absolute Gasteiger partial charge is 0.253 e. The number of carbonyl (C=O) groups excluding carboxylic acids is 1. The molecule has 110 valence electrons. The molecule has 2 rings (SSSR count). The maximum atomic E-state index is 12.5. The number of aryl methyl sites for hydroxylation is 1. The lowest BCUT2D eigenvalue weighted by Gasteiger charge is -2.33. The minimum Gasteiger partial charge on any atom is -0.339 e. The average Bonchev–Trinajstić information content (AvgIpc) is 2.37. The molecule has 1 aliphatic rings. The molecule has 1 aromatic rings. The van der Waals surface area contributed by atoms with Gasteiger partial charge in [0, 0.05) is 29.7 Å². The molecule has 0 aromatic heterocycles. The quantitative estimate of drug-likeness (QED) is 0.845. The third-order valence-electron chi connectivity index (χ3n) is 3.81. The van der Waals surface area contributed by atoms with Crippen molar-refractivity contribution in [2.45, 2.75) is 19.8 Å². The van der Waals surface area contributed by atoms with Crippen LogP contribution in [0.1, 0.15) is 28.8 Å². The summed E-state index contributed by atoms with van der Waals surface area (Å²) in [5.74, 6) is 0.885. The van der Waals surface area contributed by atoms with Gasteiger partial charge in [-0.2, -0.15) is 0 Å². The van der Waals surface area contributed by atoms with E-state index < -0.39 is 0 Å². The fourth-order valence-electron chi connectivity index (χ4n) is 2.88. The first kappa shape index (κ1) is 15.5. The van der Waals surface area contributed by atoms with Gasteiger partial charge in [-0.15, -0.1) is 0 Å². The van der Waals surface area contributed by atoms with Crippen molar-refractivity contribution in [3.8, 4) is 0 Å². The van der Waals surface area contributed by atoms with E-state index in [0.717, 1.165) is 54.0 Å². The molecule has 0 bridgehead atoms. The van der Waals surface area contributed by atoms with Crippen molar-refractivity contribution in [3.05, 3.63) is 33.8 Å². The zero-order valence-electron chi connectivity index (χ0n) is 12.5. The summed E-state index contributed by atoms with van der Waals surface area (Å²) in [5.41, 5.74) is 1.91. The number of likely N-dealkylation sites (tertiary alicyclic amines) is 1. The van der Waals surface area contributed by atoms with Crippen LogP contribution in [0.3, 0.4) is 0 Å². The van der Waals surface area contributed by atoms with E-state index in [1.54, 1.807) is 0 Å². The first-order valence-corrected chi connectivity index (χ1v) is 7.96. The van der Waals surface area contributed by atoms with E-state index in [-0.39, 0.29) is 5.91 Å². The fraction of sp³-hybridized carbons (Fsp3) is 0.562. The summed E-state index contributed by atoms with van der Waals surface area (Å²) in [5, 5.41) is 0. The monoisotopic (exact) mass is 338 g/mol. The number of hydrogen-bond acceptors (Lipinski definition) is 2. The Bertz CT molecular complexity index is 459. The number of carbonyl (C=O) groups is 1. The predicted octanol–water partition coefficient (Wildman–Crippen LogP) is 3.17. The molecule has 0 unspecified atom stereocenters. The van der Waals surface area contributed by atoms with Crippen LogP contribution in [-0.4, -0.2) is 49.4 Å². The van der Waals surface area contributed by atoms with Crippen molar-refractivity contribution in [1.29, 1.82) is 0 Å². The predicted molar refractivity (Wildman–Crippen MR) is 86.1 cm³/mol. The van der Waals surface area contributed by atoms with E-state index in [0.29, 0.717) is 0 Å². The zero-order chi connectivity index (χ0) is 14.7. The fourth-order valence-corrected chi connectivity index (χ4v) is 3.49. The third-order valence-corrected chi connectivity index (χ3v) is 4.27. The highest BCUT2D eigenvalue weighted by molar-refractivity contribution is 9.10. The molecule has 1 heterocycles. The molecule has 1 aromatic carbocycles. The number of benzene rings is 1. The molecule has 1 aliphatic heterocycles. The Morgan fingerprint density at radius 3 is 2.50 bits per heavy atom. The molecule has 0 N–H and O–H groups in total. The van der Waals surface area contributed by atoms with Crippen molar-refractivity contribution in [3.63, 3.8) is 0 Å². The summed E-state index contributed by atoms with van der Waals surface area (Å²) in [6.07, 6.45) is 2.22. The van der Waals surface area contributed by atoms with Crippen molar-refractivity contribution >= 4 is 21.8 Å². The van der Waals surface area contributed by atoms with Crippen LogP contribution in [0.15, 0.2) is 22.7 Å². The van der Waals surface area contributed by atoms with Gasteiger partial charge in [0.2, 0.25) is 0 Å². The first-order valence-electron chi connectivity index (χ1n) is 7.17. The van der Waals surface area contributed by atoms with Crippen molar-refractivity contribution in [2.75, 3.05) is 33.7 Å². The Labute approximate surface area is 130 Å². The van der Waals surface area contributed by atoms with Gasteiger partial charge in [0.25, 0.3) is 5.91 Å². The molecule has 0 spiro atoms. The Hall–Kier alpha value is -0.870. The third kappa shape index (κ3) is 4.06. The van der Waals surface area contributed by atoms with Gasteiger partial charge in [0.1, 0.15) is 0 Å². The topological polar surface area (TPSA) is 23.6 Å².